The molecule has 0 saturated heterocycles. The number of hydrogen-bond donors (Lipinski definition) is 3. The number of nitrogens with two attached hydrogens (primary N) is 1. The number of ether oxygens (including phenoxy) is 1. The highest BCUT2D eigenvalue weighted by Crippen LogP contribution is 2.35. The SMILES string of the molecule is CC(C)OCC(=O)NCC(NC(=O)C1CCC1C(N)=O)C1CCCC1. The topological polar surface area (TPSA) is 111 Å². The van der Waals surface area contributed by atoms with Gasteiger partial charge in [0.1, 0.15) is 6.61 Å². The van der Waals surface area contributed by atoms with E-state index >= 15 is 0 Å². The number of carbonyl (C=O) groups excluding carboxylic acids is 3. The number of rotatable bonds is 9. The van der Waals surface area contributed by atoms with Gasteiger partial charge in [-0.05, 0) is 45.4 Å². The molecule has 4 N–H and O–H groups in total. The third-order valence-electron chi connectivity index (χ3n) is 5.34. The molecule has 0 heterocycles. The fraction of sp³-hybridized carbons (Fsp3) is 0.833. The molecule has 0 bridgehead atoms. The van der Waals surface area contributed by atoms with Crippen LogP contribution in [0.25, 0.3) is 0 Å². The Labute approximate surface area is 149 Å². The van der Waals surface area contributed by atoms with Crippen LogP contribution < -0.4 is 16.4 Å². The number of nitrogens with one attached hydrogen (secondary N) is 2. The predicted molar refractivity (Wildman–Crippen MR) is 93.4 cm³/mol. The lowest BCUT2D eigenvalue weighted by molar-refractivity contribution is -0.139. The maximum absolute atomic E-state index is 12.5. The van der Waals surface area contributed by atoms with Crippen LogP contribution >= 0.6 is 0 Å². The van der Waals surface area contributed by atoms with Gasteiger partial charge in [-0.1, -0.05) is 12.8 Å². The van der Waals surface area contributed by atoms with E-state index in [1.54, 1.807) is 0 Å². The van der Waals surface area contributed by atoms with Crippen LogP contribution in [-0.2, 0) is 19.1 Å². The molecule has 0 aromatic rings. The Morgan fingerprint density at radius 1 is 1.08 bits per heavy atom. The molecule has 7 nitrogen and oxygen atoms in total. The van der Waals surface area contributed by atoms with Crippen LogP contribution in [-0.4, -0.2) is 43.0 Å². The van der Waals surface area contributed by atoms with E-state index in [0.29, 0.717) is 25.3 Å². The van der Waals surface area contributed by atoms with Crippen molar-refractivity contribution in [3.63, 3.8) is 0 Å². The normalized spacial score (nSPS) is 24.6. The van der Waals surface area contributed by atoms with Crippen LogP contribution in [0.1, 0.15) is 52.4 Å². The quantitative estimate of drug-likeness (QED) is 0.567. The van der Waals surface area contributed by atoms with Gasteiger partial charge < -0.3 is 21.1 Å². The first kappa shape index (κ1) is 19.7. The molecule has 0 radical (unpaired) electrons. The van der Waals surface area contributed by atoms with Gasteiger partial charge in [-0.15, -0.1) is 0 Å². The van der Waals surface area contributed by atoms with Crippen molar-refractivity contribution in [2.24, 2.45) is 23.5 Å². The molecule has 2 fully saturated rings. The first-order valence-electron chi connectivity index (χ1n) is 9.36. The first-order chi connectivity index (χ1) is 11.9. The van der Waals surface area contributed by atoms with Crippen molar-refractivity contribution in [3.05, 3.63) is 0 Å². The molecule has 142 valence electrons. The zero-order valence-corrected chi connectivity index (χ0v) is 15.3. The summed E-state index contributed by atoms with van der Waals surface area (Å²) in [4.78, 5) is 35.7. The summed E-state index contributed by atoms with van der Waals surface area (Å²) in [5, 5.41) is 5.92. The number of amides is 3. The zero-order valence-electron chi connectivity index (χ0n) is 15.3. The highest BCUT2D eigenvalue weighted by Gasteiger charge is 2.41. The number of carbonyl (C=O) groups is 3. The zero-order chi connectivity index (χ0) is 18.4. The summed E-state index contributed by atoms with van der Waals surface area (Å²) in [5.41, 5.74) is 5.35. The highest BCUT2D eigenvalue weighted by atomic mass is 16.5. The second kappa shape index (κ2) is 9.17. The van der Waals surface area contributed by atoms with Crippen LogP contribution in [0.4, 0.5) is 0 Å². The Morgan fingerprint density at radius 2 is 1.72 bits per heavy atom. The third-order valence-corrected chi connectivity index (χ3v) is 5.34. The van der Waals surface area contributed by atoms with Crippen molar-refractivity contribution in [2.45, 2.75) is 64.5 Å². The van der Waals surface area contributed by atoms with Crippen molar-refractivity contribution >= 4 is 17.7 Å². The molecule has 0 aromatic carbocycles. The summed E-state index contributed by atoms with van der Waals surface area (Å²) in [5.74, 6) is -0.991. The molecular weight excluding hydrogens is 322 g/mol. The Morgan fingerprint density at radius 3 is 2.24 bits per heavy atom. The highest BCUT2D eigenvalue weighted by molar-refractivity contribution is 5.88. The Hall–Kier alpha value is -1.63. The monoisotopic (exact) mass is 353 g/mol. The van der Waals surface area contributed by atoms with E-state index in [0.717, 1.165) is 25.7 Å². The van der Waals surface area contributed by atoms with Crippen molar-refractivity contribution in [2.75, 3.05) is 13.2 Å². The third kappa shape index (κ3) is 5.70. The smallest absolute Gasteiger partial charge is 0.246 e. The number of hydrogen-bond acceptors (Lipinski definition) is 4. The van der Waals surface area contributed by atoms with E-state index in [9.17, 15) is 14.4 Å². The molecule has 3 atom stereocenters. The lowest BCUT2D eigenvalue weighted by Gasteiger charge is -2.35. The van der Waals surface area contributed by atoms with Gasteiger partial charge in [0.05, 0.1) is 6.10 Å². The summed E-state index contributed by atoms with van der Waals surface area (Å²) < 4.78 is 5.30. The second-order valence-electron chi connectivity index (χ2n) is 7.52. The van der Waals surface area contributed by atoms with Crippen molar-refractivity contribution in [3.8, 4) is 0 Å². The van der Waals surface area contributed by atoms with Gasteiger partial charge in [0.2, 0.25) is 17.7 Å². The fourth-order valence-corrected chi connectivity index (χ4v) is 3.66. The minimum absolute atomic E-state index is 0.000400. The van der Waals surface area contributed by atoms with Crippen molar-refractivity contribution < 1.29 is 19.1 Å². The molecule has 2 saturated carbocycles. The molecule has 0 aliphatic heterocycles. The standard InChI is InChI=1S/C18H31N3O4/c1-11(2)25-10-16(22)20-9-15(12-5-3-4-6-12)21-18(24)14-8-7-13(14)17(19)23/h11-15H,3-10H2,1-2H3,(H2,19,23)(H,20,22)(H,21,24). The molecule has 0 spiro atoms. The fourth-order valence-electron chi connectivity index (χ4n) is 3.66. The van der Waals surface area contributed by atoms with Crippen LogP contribution in [0.3, 0.4) is 0 Å². The Kier molecular flexibility index (Phi) is 7.23. The molecule has 2 aliphatic carbocycles. The minimum atomic E-state index is -0.400. The molecule has 2 aliphatic rings. The van der Waals surface area contributed by atoms with Crippen LogP contribution in [0, 0.1) is 17.8 Å². The maximum Gasteiger partial charge on any atom is 0.246 e. The summed E-state index contributed by atoms with van der Waals surface area (Å²) >= 11 is 0. The van der Waals surface area contributed by atoms with Gasteiger partial charge in [0.15, 0.2) is 0 Å². The summed E-state index contributed by atoms with van der Waals surface area (Å²) in [6.07, 6.45) is 5.78. The predicted octanol–water partition coefficient (Wildman–Crippen LogP) is 0.714. The first-order valence-corrected chi connectivity index (χ1v) is 9.36. The van der Waals surface area contributed by atoms with E-state index in [4.69, 9.17) is 10.5 Å². The van der Waals surface area contributed by atoms with Gasteiger partial charge >= 0.3 is 0 Å². The van der Waals surface area contributed by atoms with E-state index in [2.05, 4.69) is 10.6 Å². The minimum Gasteiger partial charge on any atom is -0.369 e. The summed E-state index contributed by atoms with van der Waals surface area (Å²) in [6, 6.07) is -0.105. The summed E-state index contributed by atoms with van der Waals surface area (Å²) in [6.45, 7) is 4.17. The molecule has 25 heavy (non-hydrogen) atoms. The lowest BCUT2D eigenvalue weighted by atomic mass is 9.72. The van der Waals surface area contributed by atoms with Gasteiger partial charge in [-0.25, -0.2) is 0 Å². The number of primary amides is 1. The largest absolute Gasteiger partial charge is 0.369 e. The second-order valence-corrected chi connectivity index (χ2v) is 7.52. The van der Waals surface area contributed by atoms with Crippen molar-refractivity contribution in [1.29, 1.82) is 0 Å². The molecule has 0 aromatic heterocycles. The van der Waals surface area contributed by atoms with E-state index < -0.39 is 5.91 Å². The molecule has 3 unspecified atom stereocenters. The van der Waals surface area contributed by atoms with Gasteiger partial charge in [0.25, 0.3) is 0 Å². The lowest BCUT2D eigenvalue weighted by Crippen LogP contribution is -2.53. The summed E-state index contributed by atoms with van der Waals surface area (Å²) in [7, 11) is 0. The van der Waals surface area contributed by atoms with Crippen LogP contribution in [0.15, 0.2) is 0 Å². The van der Waals surface area contributed by atoms with Gasteiger partial charge in [-0.2, -0.15) is 0 Å². The van der Waals surface area contributed by atoms with Gasteiger partial charge in [-0.3, -0.25) is 14.4 Å². The maximum atomic E-state index is 12.5. The average molecular weight is 353 g/mol. The molecule has 2 rings (SSSR count). The molecule has 7 heteroatoms. The van der Waals surface area contributed by atoms with E-state index in [1.807, 2.05) is 13.8 Å². The van der Waals surface area contributed by atoms with Crippen molar-refractivity contribution in [1.82, 2.24) is 10.6 Å². The Balaban J connectivity index is 1.86. The van der Waals surface area contributed by atoms with E-state index in [-0.39, 0.29) is 42.4 Å². The Bertz CT molecular complexity index is 489. The van der Waals surface area contributed by atoms with Gasteiger partial charge in [0, 0.05) is 24.4 Å². The molecule has 3 amide bonds. The molecular formula is C18H31N3O4. The van der Waals surface area contributed by atoms with Crippen LogP contribution in [0.5, 0.6) is 0 Å². The van der Waals surface area contributed by atoms with Crippen LogP contribution in [0.2, 0.25) is 0 Å². The van der Waals surface area contributed by atoms with E-state index in [1.165, 1.54) is 0 Å². The average Bonchev–Trinajstić information content (AvgIpc) is 3.01.